The summed E-state index contributed by atoms with van der Waals surface area (Å²) in [5, 5.41) is 12.0. The van der Waals surface area contributed by atoms with Gasteiger partial charge in [-0.15, -0.1) is 0 Å². The molecule has 0 aromatic carbocycles. The number of aryl methyl sites for hydroxylation is 3. The third-order valence-electron chi connectivity index (χ3n) is 5.30. The number of nitrogens with zero attached hydrogens (tertiary/aromatic N) is 7. The highest BCUT2D eigenvalue weighted by Gasteiger charge is 2.19. The first-order chi connectivity index (χ1) is 15.5. The molecule has 5 rings (SSSR count). The first-order valence-electron chi connectivity index (χ1n) is 10.4. The highest BCUT2D eigenvalue weighted by atomic mass is 16.5. The number of hydrogen-bond acceptors (Lipinski definition) is 8. The lowest BCUT2D eigenvalue weighted by molar-refractivity contribution is 0.173. The first-order valence-corrected chi connectivity index (χ1v) is 10.4. The van der Waals surface area contributed by atoms with E-state index in [4.69, 9.17) is 9.47 Å². The van der Waals surface area contributed by atoms with Gasteiger partial charge in [-0.05, 0) is 19.9 Å². The zero-order valence-corrected chi connectivity index (χ0v) is 18.4. The predicted octanol–water partition coefficient (Wildman–Crippen LogP) is 3.27. The Morgan fingerprint density at radius 1 is 1.09 bits per heavy atom. The topological polar surface area (TPSA) is 105 Å². The van der Waals surface area contributed by atoms with Crippen molar-refractivity contribution < 1.29 is 9.47 Å². The average molecular weight is 432 g/mol. The van der Waals surface area contributed by atoms with Crippen LogP contribution in [0, 0.1) is 6.92 Å². The molecular formula is C22H24N8O2. The summed E-state index contributed by atoms with van der Waals surface area (Å²) in [5.74, 6) is 3.11. The number of pyridine rings is 1. The van der Waals surface area contributed by atoms with E-state index >= 15 is 0 Å². The van der Waals surface area contributed by atoms with Crippen molar-refractivity contribution in [3.63, 3.8) is 0 Å². The number of fused-ring (bicyclic) bond motifs is 6. The molecule has 0 aliphatic carbocycles. The Hall–Kier alpha value is -3.95. The summed E-state index contributed by atoms with van der Waals surface area (Å²) < 4.78 is 15.9. The number of aromatic nitrogens is 7. The van der Waals surface area contributed by atoms with E-state index in [2.05, 4.69) is 30.5 Å². The van der Waals surface area contributed by atoms with Crippen LogP contribution in [-0.2, 0) is 14.1 Å². The second kappa shape index (κ2) is 7.95. The molecule has 4 aromatic heterocycles. The van der Waals surface area contributed by atoms with Gasteiger partial charge in [-0.2, -0.15) is 10.2 Å². The van der Waals surface area contributed by atoms with E-state index < -0.39 is 0 Å². The van der Waals surface area contributed by atoms with Crippen LogP contribution in [0.4, 0.5) is 11.6 Å². The highest BCUT2D eigenvalue weighted by molar-refractivity contribution is 5.73. The van der Waals surface area contributed by atoms with Gasteiger partial charge in [0.25, 0.3) is 0 Å². The number of rotatable bonds is 1. The molecule has 10 nitrogen and oxygen atoms in total. The van der Waals surface area contributed by atoms with Crippen LogP contribution in [0.25, 0.3) is 22.5 Å². The van der Waals surface area contributed by atoms with E-state index in [-0.39, 0.29) is 6.10 Å². The van der Waals surface area contributed by atoms with Crippen molar-refractivity contribution in [3.05, 3.63) is 42.6 Å². The molecule has 0 fully saturated rings. The van der Waals surface area contributed by atoms with Gasteiger partial charge in [-0.25, -0.2) is 19.6 Å². The lowest BCUT2D eigenvalue weighted by Gasteiger charge is -2.19. The fourth-order valence-electron chi connectivity index (χ4n) is 3.71. The maximum atomic E-state index is 6.35. The molecule has 0 radical (unpaired) electrons. The normalized spacial score (nSPS) is 15.7. The summed E-state index contributed by atoms with van der Waals surface area (Å²) >= 11 is 0. The van der Waals surface area contributed by atoms with E-state index in [1.807, 2.05) is 40.2 Å². The minimum atomic E-state index is -0.0883. The molecule has 0 spiro atoms. The van der Waals surface area contributed by atoms with Crippen molar-refractivity contribution in [2.45, 2.75) is 26.4 Å². The quantitative estimate of drug-likeness (QED) is 0.489. The van der Waals surface area contributed by atoms with Crippen molar-refractivity contribution in [2.75, 3.05) is 11.9 Å². The minimum absolute atomic E-state index is 0.0883. The minimum Gasteiger partial charge on any atom is -0.490 e. The van der Waals surface area contributed by atoms with Crippen molar-refractivity contribution in [1.82, 2.24) is 34.5 Å². The monoisotopic (exact) mass is 432 g/mol. The zero-order chi connectivity index (χ0) is 22.2. The summed E-state index contributed by atoms with van der Waals surface area (Å²) in [6.45, 7) is 4.46. The SMILES string of the molecule is Cc1nn(C)cc1-c1cnc2cc1O[C@@H](C)CCOc1c(cnn1C)-c1nccc(n1)N2. The fourth-order valence-corrected chi connectivity index (χ4v) is 3.71. The largest absolute Gasteiger partial charge is 0.490 e. The van der Waals surface area contributed by atoms with Gasteiger partial charge in [0.2, 0.25) is 5.88 Å². The Labute approximate surface area is 185 Å². The van der Waals surface area contributed by atoms with Crippen molar-refractivity contribution in [1.29, 1.82) is 0 Å². The third-order valence-corrected chi connectivity index (χ3v) is 5.30. The Morgan fingerprint density at radius 3 is 2.78 bits per heavy atom. The van der Waals surface area contributed by atoms with Crippen LogP contribution in [0.15, 0.2) is 36.9 Å². The molecule has 0 unspecified atom stereocenters. The number of hydrogen-bond donors (Lipinski definition) is 1. The predicted molar refractivity (Wildman–Crippen MR) is 119 cm³/mol. The third kappa shape index (κ3) is 3.75. The Balaban J connectivity index is 1.59. The van der Waals surface area contributed by atoms with Gasteiger partial charge in [0.05, 0.1) is 24.6 Å². The second-order valence-corrected chi connectivity index (χ2v) is 7.81. The first kappa shape index (κ1) is 20.0. The van der Waals surface area contributed by atoms with E-state index in [1.54, 1.807) is 34.0 Å². The summed E-state index contributed by atoms with van der Waals surface area (Å²) in [6, 6.07) is 3.68. The number of ether oxygens (including phenoxy) is 2. The molecule has 32 heavy (non-hydrogen) atoms. The van der Waals surface area contributed by atoms with Gasteiger partial charge in [0, 0.05) is 56.3 Å². The average Bonchev–Trinajstić information content (AvgIpc) is 3.29. The Morgan fingerprint density at radius 2 is 1.97 bits per heavy atom. The second-order valence-electron chi connectivity index (χ2n) is 7.81. The van der Waals surface area contributed by atoms with E-state index in [0.29, 0.717) is 36.4 Å². The molecule has 1 aliphatic rings. The van der Waals surface area contributed by atoms with Crippen LogP contribution in [0.1, 0.15) is 19.0 Å². The van der Waals surface area contributed by atoms with Crippen LogP contribution in [0.3, 0.4) is 0 Å². The van der Waals surface area contributed by atoms with Gasteiger partial charge in [0.15, 0.2) is 5.82 Å². The standard InChI is InChI=1S/C22H24N8O2/c1-13-6-8-31-22-16(11-25-30(22)4)21-23-7-5-19(27-21)26-20-9-18(32-13)15(10-24-20)17-12-29(3)28-14(17)2/h5,7,9-13H,6,8H2,1-4H3,(H,23,24,26,27)/t13-/m0/s1. The summed E-state index contributed by atoms with van der Waals surface area (Å²) in [5.41, 5.74) is 3.51. The molecule has 4 aromatic rings. The molecule has 5 heterocycles. The van der Waals surface area contributed by atoms with Crippen molar-refractivity contribution in [3.8, 4) is 34.1 Å². The lowest BCUT2D eigenvalue weighted by atomic mass is 10.1. The maximum Gasteiger partial charge on any atom is 0.222 e. The summed E-state index contributed by atoms with van der Waals surface area (Å²) in [7, 11) is 3.74. The molecule has 1 atom stereocenters. The van der Waals surface area contributed by atoms with Gasteiger partial charge in [-0.3, -0.25) is 4.68 Å². The van der Waals surface area contributed by atoms with Crippen LogP contribution >= 0.6 is 0 Å². The molecule has 1 N–H and O–H groups in total. The summed E-state index contributed by atoms with van der Waals surface area (Å²) in [4.78, 5) is 13.6. The highest BCUT2D eigenvalue weighted by Crippen LogP contribution is 2.35. The van der Waals surface area contributed by atoms with Crippen LogP contribution < -0.4 is 14.8 Å². The fraction of sp³-hybridized carbons (Fsp3) is 0.318. The van der Waals surface area contributed by atoms with Gasteiger partial charge < -0.3 is 14.8 Å². The molecule has 0 saturated carbocycles. The molecule has 4 bridgehead atoms. The molecule has 1 aliphatic heterocycles. The van der Waals surface area contributed by atoms with E-state index in [0.717, 1.165) is 28.1 Å². The lowest BCUT2D eigenvalue weighted by Crippen LogP contribution is -2.17. The molecule has 10 heteroatoms. The van der Waals surface area contributed by atoms with Gasteiger partial charge in [-0.1, -0.05) is 0 Å². The zero-order valence-electron chi connectivity index (χ0n) is 18.4. The van der Waals surface area contributed by atoms with E-state index in [9.17, 15) is 0 Å². The van der Waals surface area contributed by atoms with Crippen LogP contribution in [0.5, 0.6) is 11.6 Å². The molecule has 164 valence electrons. The smallest absolute Gasteiger partial charge is 0.222 e. The van der Waals surface area contributed by atoms with Gasteiger partial charge >= 0.3 is 0 Å². The molecule has 0 saturated heterocycles. The molecule has 0 amide bonds. The van der Waals surface area contributed by atoms with Crippen LogP contribution in [0.2, 0.25) is 0 Å². The Bertz CT molecular complexity index is 1280. The maximum absolute atomic E-state index is 6.35. The van der Waals surface area contributed by atoms with Crippen LogP contribution in [-0.4, -0.2) is 47.2 Å². The van der Waals surface area contributed by atoms with Crippen molar-refractivity contribution in [2.24, 2.45) is 14.1 Å². The number of anilines is 2. The van der Waals surface area contributed by atoms with Gasteiger partial charge in [0.1, 0.15) is 22.9 Å². The summed E-state index contributed by atoms with van der Waals surface area (Å²) in [6.07, 6.45) is 7.77. The number of nitrogens with one attached hydrogen (secondary N) is 1. The van der Waals surface area contributed by atoms with E-state index in [1.165, 1.54) is 0 Å². The van der Waals surface area contributed by atoms with Crippen molar-refractivity contribution >= 4 is 11.6 Å². The molecular weight excluding hydrogens is 408 g/mol. The Kier molecular flexibility index (Phi) is 4.96.